The summed E-state index contributed by atoms with van der Waals surface area (Å²) < 4.78 is 66.1. The van der Waals surface area contributed by atoms with Crippen molar-refractivity contribution in [3.8, 4) is 23.0 Å². The van der Waals surface area contributed by atoms with E-state index in [9.17, 15) is 13.2 Å². The van der Waals surface area contributed by atoms with Crippen LogP contribution >= 0.6 is 0 Å². The summed E-state index contributed by atoms with van der Waals surface area (Å²) >= 11 is 0. The molecule has 0 N–H and O–H groups in total. The van der Waals surface area contributed by atoms with Crippen LogP contribution in [0, 0.1) is 23.4 Å². The van der Waals surface area contributed by atoms with Gasteiger partial charge in [-0.15, -0.1) is 0 Å². The van der Waals surface area contributed by atoms with Crippen LogP contribution < -0.4 is 14.2 Å². The van der Waals surface area contributed by atoms with E-state index in [4.69, 9.17) is 18.9 Å². The van der Waals surface area contributed by atoms with Gasteiger partial charge in [0.2, 0.25) is 17.5 Å². The number of hydrogen-bond acceptors (Lipinski definition) is 4. The molecule has 2 aromatic rings. The summed E-state index contributed by atoms with van der Waals surface area (Å²) in [5.74, 6) is -3.58. The van der Waals surface area contributed by atoms with Crippen molar-refractivity contribution in [2.45, 2.75) is 39.2 Å². The molecule has 0 amide bonds. The lowest BCUT2D eigenvalue weighted by molar-refractivity contribution is -0.00354. The number of rotatable bonds is 6. The number of allylic oxidation sites excluding steroid dienone is 1. The van der Waals surface area contributed by atoms with Gasteiger partial charge in [-0.1, -0.05) is 18.2 Å². The second kappa shape index (κ2) is 9.22. The summed E-state index contributed by atoms with van der Waals surface area (Å²) in [6.45, 7) is 4.67. The van der Waals surface area contributed by atoms with Crippen LogP contribution in [0.25, 0.3) is 0 Å². The van der Waals surface area contributed by atoms with Gasteiger partial charge in [-0.3, -0.25) is 0 Å². The monoisotopic (exact) mass is 434 g/mol. The Balaban J connectivity index is 1.50. The highest BCUT2D eigenvalue weighted by atomic mass is 19.2. The lowest BCUT2D eigenvalue weighted by Crippen LogP contribution is -2.28. The molecule has 1 saturated heterocycles. The molecule has 0 aromatic heterocycles. The Morgan fingerprint density at radius 2 is 1.81 bits per heavy atom. The average Bonchev–Trinajstić information content (AvgIpc) is 2.78. The molecular formula is C24H25F3O4. The van der Waals surface area contributed by atoms with Crippen molar-refractivity contribution in [1.82, 2.24) is 0 Å². The van der Waals surface area contributed by atoms with Gasteiger partial charge in [-0.05, 0) is 38.8 Å². The summed E-state index contributed by atoms with van der Waals surface area (Å²) in [6, 6.07) is 4.60. The van der Waals surface area contributed by atoms with Crippen molar-refractivity contribution in [2.24, 2.45) is 5.92 Å². The summed E-state index contributed by atoms with van der Waals surface area (Å²) in [7, 11) is 0. The fraction of sp³-hybridized carbons (Fsp3) is 0.417. The summed E-state index contributed by atoms with van der Waals surface area (Å²) in [5, 5.41) is 0. The van der Waals surface area contributed by atoms with E-state index in [1.54, 1.807) is 13.0 Å². The zero-order valence-corrected chi connectivity index (χ0v) is 17.6. The maximum Gasteiger partial charge on any atom is 0.207 e. The minimum absolute atomic E-state index is 0.0110. The quantitative estimate of drug-likeness (QED) is 0.450. The van der Waals surface area contributed by atoms with Crippen LogP contribution in [0.15, 0.2) is 30.4 Å². The standard InChI is InChI=1S/C24H25F3O4/c1-3-5-17-8-6-14(12-29-17)13-30-19-11-16-10-15-7-9-18(28-4-2)21(26)23(15)31-24(16)22(27)20(19)25/h3,5,7,9,11,14,17H,4,6,8,10,12-13H2,1-2H3/b5-3+. The van der Waals surface area contributed by atoms with E-state index in [0.29, 0.717) is 17.7 Å². The molecule has 31 heavy (non-hydrogen) atoms. The SMILES string of the molecule is C/C=C/C1CCC(COc2cc3c(c(F)c2F)Oc2c(ccc(OCC)c2F)C3)CO1. The van der Waals surface area contributed by atoms with Crippen molar-refractivity contribution in [1.29, 1.82) is 0 Å². The fourth-order valence-electron chi connectivity index (χ4n) is 3.92. The molecule has 4 rings (SSSR count). The predicted octanol–water partition coefficient (Wildman–Crippen LogP) is 5.95. The number of ether oxygens (including phenoxy) is 4. The topological polar surface area (TPSA) is 36.9 Å². The molecule has 0 radical (unpaired) electrons. The zero-order valence-electron chi connectivity index (χ0n) is 17.6. The summed E-state index contributed by atoms with van der Waals surface area (Å²) in [4.78, 5) is 0. The molecule has 0 bridgehead atoms. The summed E-state index contributed by atoms with van der Waals surface area (Å²) in [6.07, 6.45) is 5.99. The first kappa shape index (κ1) is 21.6. The van der Waals surface area contributed by atoms with E-state index in [2.05, 4.69) is 0 Å². The van der Waals surface area contributed by atoms with Gasteiger partial charge in [0.15, 0.2) is 23.0 Å². The van der Waals surface area contributed by atoms with Gasteiger partial charge in [0.1, 0.15) is 0 Å². The van der Waals surface area contributed by atoms with Crippen molar-refractivity contribution < 1.29 is 32.1 Å². The van der Waals surface area contributed by atoms with Crippen LogP contribution in [0.1, 0.15) is 37.8 Å². The number of benzene rings is 2. The Hall–Kier alpha value is -2.67. The first-order valence-electron chi connectivity index (χ1n) is 10.5. The zero-order chi connectivity index (χ0) is 22.0. The molecule has 2 atom stereocenters. The van der Waals surface area contributed by atoms with Crippen LogP contribution in [0.5, 0.6) is 23.0 Å². The minimum atomic E-state index is -1.19. The normalized spacial score (nSPS) is 20.2. The Morgan fingerprint density at radius 1 is 1.00 bits per heavy atom. The Labute approximate surface area is 179 Å². The smallest absolute Gasteiger partial charge is 0.207 e. The van der Waals surface area contributed by atoms with E-state index in [-0.39, 0.29) is 54.7 Å². The molecule has 2 aromatic carbocycles. The molecule has 2 unspecified atom stereocenters. The lowest BCUT2D eigenvalue weighted by Gasteiger charge is -2.28. The van der Waals surface area contributed by atoms with Gasteiger partial charge >= 0.3 is 0 Å². The maximum absolute atomic E-state index is 14.8. The fourth-order valence-corrected chi connectivity index (χ4v) is 3.92. The molecule has 2 heterocycles. The Bertz CT molecular complexity index is 982. The van der Waals surface area contributed by atoms with Crippen molar-refractivity contribution in [3.05, 3.63) is 58.9 Å². The summed E-state index contributed by atoms with van der Waals surface area (Å²) in [5.41, 5.74) is 0.930. The minimum Gasteiger partial charge on any atom is -0.491 e. The van der Waals surface area contributed by atoms with Gasteiger partial charge in [0.05, 0.1) is 25.9 Å². The van der Waals surface area contributed by atoms with E-state index in [1.165, 1.54) is 12.1 Å². The third-order valence-electron chi connectivity index (χ3n) is 5.52. The molecule has 2 aliphatic rings. The van der Waals surface area contributed by atoms with E-state index in [0.717, 1.165) is 12.8 Å². The number of hydrogen-bond donors (Lipinski definition) is 0. The van der Waals surface area contributed by atoms with Gasteiger partial charge in [0.25, 0.3) is 0 Å². The van der Waals surface area contributed by atoms with Crippen LogP contribution in [0.2, 0.25) is 0 Å². The molecular weight excluding hydrogens is 409 g/mol. The lowest BCUT2D eigenvalue weighted by atomic mass is 9.98. The largest absolute Gasteiger partial charge is 0.491 e. The molecule has 0 saturated carbocycles. The van der Waals surface area contributed by atoms with Crippen LogP contribution in [0.4, 0.5) is 13.2 Å². The van der Waals surface area contributed by atoms with Crippen molar-refractivity contribution in [2.75, 3.05) is 19.8 Å². The number of halogens is 3. The van der Waals surface area contributed by atoms with Gasteiger partial charge in [0, 0.05) is 23.5 Å². The molecule has 2 aliphatic heterocycles. The highest BCUT2D eigenvalue weighted by Crippen LogP contribution is 2.44. The van der Waals surface area contributed by atoms with Crippen molar-refractivity contribution >= 4 is 0 Å². The Kier molecular flexibility index (Phi) is 6.41. The second-order valence-electron chi connectivity index (χ2n) is 7.72. The van der Waals surface area contributed by atoms with E-state index in [1.807, 2.05) is 19.1 Å². The van der Waals surface area contributed by atoms with Gasteiger partial charge in [-0.2, -0.15) is 13.2 Å². The van der Waals surface area contributed by atoms with Crippen LogP contribution in [0.3, 0.4) is 0 Å². The third kappa shape index (κ3) is 4.37. The molecule has 7 heteroatoms. The van der Waals surface area contributed by atoms with Gasteiger partial charge < -0.3 is 18.9 Å². The van der Waals surface area contributed by atoms with Gasteiger partial charge in [-0.25, -0.2) is 0 Å². The average molecular weight is 434 g/mol. The maximum atomic E-state index is 14.8. The Morgan fingerprint density at radius 3 is 2.52 bits per heavy atom. The van der Waals surface area contributed by atoms with Crippen LogP contribution in [-0.4, -0.2) is 25.9 Å². The number of fused-ring (bicyclic) bond motifs is 2. The molecule has 4 nitrogen and oxygen atoms in total. The highest BCUT2D eigenvalue weighted by Gasteiger charge is 2.30. The molecule has 0 spiro atoms. The second-order valence-corrected chi connectivity index (χ2v) is 7.72. The first-order valence-corrected chi connectivity index (χ1v) is 10.5. The highest BCUT2D eigenvalue weighted by molar-refractivity contribution is 5.55. The molecule has 166 valence electrons. The van der Waals surface area contributed by atoms with Crippen LogP contribution in [-0.2, 0) is 11.2 Å². The van der Waals surface area contributed by atoms with Crippen molar-refractivity contribution in [3.63, 3.8) is 0 Å². The molecule has 1 fully saturated rings. The van der Waals surface area contributed by atoms with E-state index < -0.39 is 17.5 Å². The molecule has 0 aliphatic carbocycles. The van der Waals surface area contributed by atoms with E-state index >= 15 is 0 Å². The third-order valence-corrected chi connectivity index (χ3v) is 5.52. The first-order chi connectivity index (χ1) is 15.0. The predicted molar refractivity (Wildman–Crippen MR) is 110 cm³/mol.